The summed E-state index contributed by atoms with van der Waals surface area (Å²) >= 11 is 0. The van der Waals surface area contributed by atoms with Crippen LogP contribution >= 0.6 is 0 Å². The summed E-state index contributed by atoms with van der Waals surface area (Å²) in [5.74, 6) is -0.00232. The predicted octanol–water partition coefficient (Wildman–Crippen LogP) is 7.42. The van der Waals surface area contributed by atoms with Crippen molar-refractivity contribution in [3.8, 4) is 5.75 Å². The third-order valence-corrected chi connectivity index (χ3v) is 6.78. The molecule has 4 amide bonds. The normalized spacial score (nSPS) is 15.5. The van der Waals surface area contributed by atoms with Crippen LogP contribution in [0.4, 0.5) is 31.4 Å². The Bertz CT molecular complexity index is 1610. The van der Waals surface area contributed by atoms with E-state index < -0.39 is 35.4 Å². The van der Waals surface area contributed by atoms with Crippen molar-refractivity contribution in [2.24, 2.45) is 0 Å². The van der Waals surface area contributed by atoms with Crippen LogP contribution in [-0.4, -0.2) is 48.5 Å². The lowest BCUT2D eigenvalue weighted by atomic mass is 10.1. The first-order valence-electron chi connectivity index (χ1n) is 15.2. The number of hydrogen-bond acceptors (Lipinski definition) is 8. The lowest BCUT2D eigenvalue weighted by Gasteiger charge is -2.20. The molecule has 3 aromatic rings. The van der Waals surface area contributed by atoms with E-state index in [0.717, 1.165) is 17.5 Å². The minimum absolute atomic E-state index is 0.0298. The molecule has 0 aliphatic heterocycles. The van der Waals surface area contributed by atoms with E-state index in [2.05, 4.69) is 21.3 Å². The number of alkyl carbamates (subject to hydrolysis) is 1. The number of ether oxygens (including phenoxy) is 4. The molecule has 250 valence electrons. The highest BCUT2D eigenvalue weighted by Crippen LogP contribution is 2.41. The largest absolute Gasteiger partial charge is 0.495 e. The molecule has 0 bridgehead atoms. The van der Waals surface area contributed by atoms with Gasteiger partial charge in [-0.25, -0.2) is 14.4 Å². The summed E-state index contributed by atoms with van der Waals surface area (Å²) in [4.78, 5) is 50.0. The number of amides is 4. The molecule has 12 nitrogen and oxygen atoms in total. The van der Waals surface area contributed by atoms with Gasteiger partial charge in [0.2, 0.25) is 0 Å². The van der Waals surface area contributed by atoms with Crippen LogP contribution in [-0.2, 0) is 20.8 Å². The van der Waals surface area contributed by atoms with Crippen molar-refractivity contribution < 1.29 is 38.1 Å². The fourth-order valence-corrected chi connectivity index (χ4v) is 4.58. The van der Waals surface area contributed by atoms with Gasteiger partial charge in [-0.1, -0.05) is 36.4 Å². The summed E-state index contributed by atoms with van der Waals surface area (Å²) in [5.41, 5.74) is 1.95. The van der Waals surface area contributed by atoms with Gasteiger partial charge in [-0.2, -0.15) is 0 Å². The number of carbonyl (C=O) groups excluding carboxylic acids is 4. The quantitative estimate of drug-likeness (QED) is 0.175. The third kappa shape index (κ3) is 10.7. The van der Waals surface area contributed by atoms with Crippen molar-refractivity contribution in [3.05, 3.63) is 83.4 Å². The molecule has 0 saturated heterocycles. The molecule has 0 spiro atoms. The van der Waals surface area contributed by atoms with E-state index in [1.165, 1.54) is 25.3 Å². The first-order valence-corrected chi connectivity index (χ1v) is 15.2. The van der Waals surface area contributed by atoms with Crippen molar-refractivity contribution in [3.63, 3.8) is 0 Å². The minimum Gasteiger partial charge on any atom is -0.495 e. The van der Waals surface area contributed by atoms with Gasteiger partial charge in [0, 0.05) is 17.5 Å². The van der Waals surface area contributed by atoms with E-state index in [1.807, 2.05) is 45.0 Å². The van der Waals surface area contributed by atoms with Gasteiger partial charge in [0.15, 0.2) is 0 Å². The Balaban J connectivity index is 1.29. The molecule has 1 aliphatic carbocycles. The number of benzene rings is 3. The Hall–Kier alpha value is -5.26. The minimum atomic E-state index is -0.699. The molecule has 1 saturated carbocycles. The maximum Gasteiger partial charge on any atom is 0.412 e. The second kappa shape index (κ2) is 14.4. The number of hydrogen-bond donors (Lipinski definition) is 4. The molecule has 4 rings (SSSR count). The predicted molar refractivity (Wildman–Crippen MR) is 178 cm³/mol. The van der Waals surface area contributed by atoms with Crippen LogP contribution in [0.3, 0.4) is 0 Å². The summed E-state index contributed by atoms with van der Waals surface area (Å²) in [6, 6.07) is 19.0. The first kappa shape index (κ1) is 34.6. The number of nitrogens with one attached hydrogen (secondary N) is 4. The van der Waals surface area contributed by atoms with Gasteiger partial charge >= 0.3 is 18.3 Å². The number of para-hydroxylation sites is 2. The van der Waals surface area contributed by atoms with Gasteiger partial charge in [-0.05, 0) is 89.4 Å². The van der Waals surface area contributed by atoms with Crippen molar-refractivity contribution in [1.82, 2.24) is 5.32 Å². The molecule has 1 fully saturated rings. The Morgan fingerprint density at radius 1 is 0.723 bits per heavy atom. The second-order valence-corrected chi connectivity index (χ2v) is 13.1. The Kier molecular flexibility index (Phi) is 10.6. The van der Waals surface area contributed by atoms with Crippen LogP contribution in [0.5, 0.6) is 5.75 Å². The highest BCUT2D eigenvalue weighted by Gasteiger charge is 2.40. The van der Waals surface area contributed by atoms with Gasteiger partial charge in [-0.15, -0.1) is 0 Å². The first-order chi connectivity index (χ1) is 22.1. The van der Waals surface area contributed by atoms with E-state index in [0.29, 0.717) is 17.1 Å². The SMILES string of the molecule is COc1cc(C(=O)Nc2ccccc2NC(=O)OC(C)(C)C)ccc1NC(=O)OCc1ccc(C2C[C@@H]2NC(=O)OC(C)(C)C)cc1. The Morgan fingerprint density at radius 2 is 1.32 bits per heavy atom. The fraction of sp³-hybridized carbons (Fsp3) is 0.371. The summed E-state index contributed by atoms with van der Waals surface area (Å²) in [5, 5.41) is 11.0. The summed E-state index contributed by atoms with van der Waals surface area (Å²) in [7, 11) is 1.42. The standard InChI is InChI=1S/C35H42N4O8/c1-34(2,3)46-32(42)37-26-11-9-8-10-25(26)36-30(40)23-16-17-27(29(18-23)44-7)38-31(41)45-20-21-12-14-22(15-13-21)24-19-28(24)39-33(43)47-35(4,5)6/h8-18,24,28H,19-20H2,1-7H3,(H,36,40)(H,37,42)(H,38,41)(H,39,43)/t24?,28-/m0/s1. The average Bonchev–Trinajstić information content (AvgIpc) is 3.74. The summed E-state index contributed by atoms with van der Waals surface area (Å²) in [6.07, 6.45) is -0.943. The molecule has 3 aromatic carbocycles. The summed E-state index contributed by atoms with van der Waals surface area (Å²) < 4.78 is 21.4. The zero-order chi connectivity index (χ0) is 34.4. The monoisotopic (exact) mass is 646 g/mol. The van der Waals surface area contributed by atoms with Crippen LogP contribution in [0.2, 0.25) is 0 Å². The number of carbonyl (C=O) groups is 4. The van der Waals surface area contributed by atoms with Gasteiger partial charge in [0.25, 0.3) is 5.91 Å². The number of methoxy groups -OCH3 is 1. The lowest BCUT2D eigenvalue weighted by Crippen LogP contribution is -2.34. The van der Waals surface area contributed by atoms with E-state index in [1.54, 1.807) is 45.0 Å². The van der Waals surface area contributed by atoms with Crippen LogP contribution in [0, 0.1) is 0 Å². The van der Waals surface area contributed by atoms with Crippen LogP contribution < -0.4 is 26.0 Å². The fourth-order valence-electron chi connectivity index (χ4n) is 4.58. The van der Waals surface area contributed by atoms with E-state index in [4.69, 9.17) is 18.9 Å². The molecule has 1 aliphatic rings. The highest BCUT2D eigenvalue weighted by atomic mass is 16.6. The van der Waals surface area contributed by atoms with Gasteiger partial charge in [0.05, 0.1) is 24.2 Å². The number of rotatable bonds is 9. The maximum atomic E-state index is 13.1. The Morgan fingerprint density at radius 3 is 1.94 bits per heavy atom. The topological polar surface area (TPSA) is 153 Å². The molecular weight excluding hydrogens is 604 g/mol. The average molecular weight is 647 g/mol. The highest BCUT2D eigenvalue weighted by molar-refractivity contribution is 6.07. The van der Waals surface area contributed by atoms with E-state index >= 15 is 0 Å². The van der Waals surface area contributed by atoms with Crippen LogP contribution in [0.25, 0.3) is 0 Å². The van der Waals surface area contributed by atoms with Gasteiger partial charge < -0.3 is 29.6 Å². The molecule has 2 atom stereocenters. The van der Waals surface area contributed by atoms with Crippen LogP contribution in [0.1, 0.15) is 75.4 Å². The van der Waals surface area contributed by atoms with Crippen molar-refractivity contribution >= 4 is 41.2 Å². The molecule has 0 heterocycles. The molecule has 0 aromatic heterocycles. The van der Waals surface area contributed by atoms with Crippen molar-refractivity contribution in [2.75, 3.05) is 23.1 Å². The van der Waals surface area contributed by atoms with E-state index in [-0.39, 0.29) is 29.9 Å². The lowest BCUT2D eigenvalue weighted by molar-refractivity contribution is 0.0521. The molecular formula is C35H42N4O8. The second-order valence-electron chi connectivity index (χ2n) is 13.1. The molecule has 4 N–H and O–H groups in total. The summed E-state index contributed by atoms with van der Waals surface area (Å²) in [6.45, 7) is 10.8. The Labute approximate surface area is 274 Å². The number of anilines is 3. The van der Waals surface area contributed by atoms with Crippen molar-refractivity contribution in [2.45, 2.75) is 77.7 Å². The van der Waals surface area contributed by atoms with Crippen LogP contribution in [0.15, 0.2) is 66.7 Å². The van der Waals surface area contributed by atoms with Gasteiger partial charge in [-0.3, -0.25) is 15.4 Å². The molecule has 47 heavy (non-hydrogen) atoms. The molecule has 1 unspecified atom stereocenters. The van der Waals surface area contributed by atoms with Gasteiger partial charge in [0.1, 0.15) is 23.6 Å². The third-order valence-electron chi connectivity index (χ3n) is 6.78. The zero-order valence-electron chi connectivity index (χ0n) is 27.7. The zero-order valence-corrected chi connectivity index (χ0v) is 27.7. The maximum absolute atomic E-state index is 13.1. The van der Waals surface area contributed by atoms with Crippen molar-refractivity contribution in [1.29, 1.82) is 0 Å². The molecule has 0 radical (unpaired) electrons. The molecule has 12 heteroatoms. The van der Waals surface area contributed by atoms with E-state index in [9.17, 15) is 19.2 Å². The smallest absolute Gasteiger partial charge is 0.412 e.